The molecule has 3 rings (SSSR count). The van der Waals surface area contributed by atoms with Crippen LogP contribution in [0.15, 0.2) is 47.4 Å². The second kappa shape index (κ2) is 7.71. The first-order chi connectivity index (χ1) is 13.2. The molecule has 150 valence electrons. The lowest BCUT2D eigenvalue weighted by Crippen LogP contribution is -2.33. The number of anilines is 2. The van der Waals surface area contributed by atoms with Crippen LogP contribution in [-0.4, -0.2) is 27.5 Å². The molecule has 0 atom stereocenters. The Hall–Kier alpha value is -2.74. The summed E-state index contributed by atoms with van der Waals surface area (Å²) in [6.07, 6.45) is 0.875. The minimum atomic E-state index is -3.77. The van der Waals surface area contributed by atoms with E-state index in [9.17, 15) is 13.2 Å². The van der Waals surface area contributed by atoms with Gasteiger partial charge in [-0.1, -0.05) is 6.92 Å². The van der Waals surface area contributed by atoms with Crippen LogP contribution in [0, 0.1) is 5.41 Å². The number of ether oxygens (including phenoxy) is 2. The van der Waals surface area contributed by atoms with Crippen LogP contribution in [0.25, 0.3) is 0 Å². The van der Waals surface area contributed by atoms with Gasteiger partial charge in [0.1, 0.15) is 18.1 Å². The van der Waals surface area contributed by atoms with Gasteiger partial charge in [0.05, 0.1) is 28.3 Å². The van der Waals surface area contributed by atoms with Crippen LogP contribution in [0.3, 0.4) is 0 Å². The summed E-state index contributed by atoms with van der Waals surface area (Å²) in [5.74, 6) is 0.894. The van der Waals surface area contributed by atoms with Crippen LogP contribution < -0.4 is 19.5 Å². The Labute approximate surface area is 165 Å². The third-order valence-corrected chi connectivity index (χ3v) is 5.69. The van der Waals surface area contributed by atoms with Gasteiger partial charge in [0.2, 0.25) is 5.91 Å². The zero-order chi connectivity index (χ0) is 20.4. The normalized spacial score (nSPS) is 15.6. The van der Waals surface area contributed by atoms with Crippen molar-refractivity contribution in [2.75, 3.05) is 23.3 Å². The highest BCUT2D eigenvalue weighted by atomic mass is 32.2. The standard InChI is InChI=1S/C20H24N2O5S/c1-4-11-26-15-6-8-16(9-7-15)28(24,25)22-14-5-10-17-18(12-14)27-13-20(2,3)19(23)21-17/h5-10,12,22H,4,11,13H2,1-3H3,(H,21,23). The zero-order valence-corrected chi connectivity index (χ0v) is 16.9. The van der Waals surface area contributed by atoms with Gasteiger partial charge in [0, 0.05) is 6.07 Å². The monoisotopic (exact) mass is 404 g/mol. The largest absolute Gasteiger partial charge is 0.494 e. The fourth-order valence-electron chi connectivity index (χ4n) is 2.57. The van der Waals surface area contributed by atoms with Gasteiger partial charge in [-0.3, -0.25) is 9.52 Å². The first-order valence-corrected chi connectivity index (χ1v) is 10.5. The number of hydrogen-bond donors (Lipinski definition) is 2. The summed E-state index contributed by atoms with van der Waals surface area (Å²) in [6, 6.07) is 11.0. The number of carbonyl (C=O) groups excluding carboxylic acids is 1. The van der Waals surface area contributed by atoms with Crippen LogP contribution in [0.2, 0.25) is 0 Å². The van der Waals surface area contributed by atoms with Crippen molar-refractivity contribution in [1.82, 2.24) is 0 Å². The van der Waals surface area contributed by atoms with Crippen LogP contribution in [0.1, 0.15) is 27.2 Å². The van der Waals surface area contributed by atoms with E-state index in [1.54, 1.807) is 44.2 Å². The average molecular weight is 404 g/mol. The van der Waals surface area contributed by atoms with Gasteiger partial charge in [-0.2, -0.15) is 0 Å². The van der Waals surface area contributed by atoms with Gasteiger partial charge in [-0.05, 0) is 56.7 Å². The second-order valence-corrected chi connectivity index (χ2v) is 8.95. The Morgan fingerprint density at radius 1 is 1.18 bits per heavy atom. The summed E-state index contributed by atoms with van der Waals surface area (Å²) in [4.78, 5) is 12.3. The molecule has 0 spiro atoms. The van der Waals surface area contributed by atoms with Gasteiger partial charge in [-0.25, -0.2) is 8.42 Å². The number of rotatable bonds is 6. The maximum atomic E-state index is 12.7. The van der Waals surface area contributed by atoms with Crippen LogP contribution >= 0.6 is 0 Å². The maximum Gasteiger partial charge on any atom is 0.261 e. The minimum Gasteiger partial charge on any atom is -0.494 e. The van der Waals surface area contributed by atoms with E-state index in [1.807, 2.05) is 6.92 Å². The van der Waals surface area contributed by atoms with Gasteiger partial charge in [-0.15, -0.1) is 0 Å². The molecule has 0 radical (unpaired) electrons. The summed E-state index contributed by atoms with van der Waals surface area (Å²) in [6.45, 7) is 6.34. The molecule has 2 N–H and O–H groups in total. The highest BCUT2D eigenvalue weighted by molar-refractivity contribution is 7.92. The second-order valence-electron chi connectivity index (χ2n) is 7.26. The molecular weight excluding hydrogens is 380 g/mol. The smallest absolute Gasteiger partial charge is 0.261 e. The van der Waals surface area contributed by atoms with Crippen molar-refractivity contribution in [3.63, 3.8) is 0 Å². The highest BCUT2D eigenvalue weighted by Crippen LogP contribution is 2.34. The molecule has 2 aromatic carbocycles. The quantitative estimate of drug-likeness (QED) is 0.767. The van der Waals surface area contributed by atoms with E-state index in [1.165, 1.54) is 12.1 Å². The SMILES string of the molecule is CCCOc1ccc(S(=O)(=O)Nc2ccc3c(c2)OCC(C)(C)C(=O)N3)cc1. The van der Waals surface area contributed by atoms with Gasteiger partial charge in [0.25, 0.3) is 10.0 Å². The lowest BCUT2D eigenvalue weighted by molar-refractivity contribution is -0.124. The van der Waals surface area contributed by atoms with Crippen LogP contribution in [0.5, 0.6) is 11.5 Å². The van der Waals surface area contributed by atoms with Gasteiger partial charge in [0.15, 0.2) is 0 Å². The molecule has 1 amide bonds. The van der Waals surface area contributed by atoms with Crippen molar-refractivity contribution in [3.05, 3.63) is 42.5 Å². The van der Waals surface area contributed by atoms with Crippen LogP contribution in [0.4, 0.5) is 11.4 Å². The summed E-state index contributed by atoms with van der Waals surface area (Å²) in [5, 5.41) is 2.80. The fourth-order valence-corrected chi connectivity index (χ4v) is 3.62. The third-order valence-electron chi connectivity index (χ3n) is 4.29. The number of sulfonamides is 1. The Balaban J connectivity index is 1.78. The lowest BCUT2D eigenvalue weighted by Gasteiger charge is -2.18. The van der Waals surface area contributed by atoms with Gasteiger partial charge < -0.3 is 14.8 Å². The van der Waals surface area contributed by atoms with Crippen molar-refractivity contribution in [1.29, 1.82) is 0 Å². The van der Waals surface area contributed by atoms with Crippen LogP contribution in [-0.2, 0) is 14.8 Å². The molecule has 0 aliphatic carbocycles. The predicted molar refractivity (Wildman–Crippen MR) is 107 cm³/mol. The summed E-state index contributed by atoms with van der Waals surface area (Å²) < 4.78 is 39.0. The molecule has 2 aromatic rings. The molecule has 0 bridgehead atoms. The summed E-state index contributed by atoms with van der Waals surface area (Å²) in [7, 11) is -3.77. The van der Waals surface area contributed by atoms with Crippen molar-refractivity contribution in [2.24, 2.45) is 5.41 Å². The topological polar surface area (TPSA) is 93.7 Å². The Bertz CT molecular complexity index is 969. The fraction of sp³-hybridized carbons (Fsp3) is 0.350. The van der Waals surface area contributed by atoms with E-state index in [-0.39, 0.29) is 17.4 Å². The summed E-state index contributed by atoms with van der Waals surface area (Å²) >= 11 is 0. The molecule has 8 heteroatoms. The first kappa shape index (κ1) is 20.0. The predicted octanol–water partition coefficient (Wildman–Crippen LogP) is 3.63. The molecule has 0 saturated carbocycles. The van der Waals surface area contributed by atoms with E-state index in [2.05, 4.69) is 10.0 Å². The molecular formula is C20H24N2O5S. The summed E-state index contributed by atoms with van der Waals surface area (Å²) in [5.41, 5.74) is 0.176. The number of hydrogen-bond acceptors (Lipinski definition) is 5. The van der Waals surface area contributed by atoms with Crippen molar-refractivity contribution >= 4 is 27.3 Å². The molecule has 28 heavy (non-hydrogen) atoms. The number of benzene rings is 2. The lowest BCUT2D eigenvalue weighted by atomic mass is 9.94. The molecule has 1 aliphatic heterocycles. The number of carbonyl (C=O) groups is 1. The molecule has 1 aliphatic rings. The maximum absolute atomic E-state index is 12.7. The molecule has 0 saturated heterocycles. The number of nitrogens with one attached hydrogen (secondary N) is 2. The van der Waals surface area contributed by atoms with Gasteiger partial charge >= 0.3 is 0 Å². The molecule has 0 fully saturated rings. The van der Waals surface area contributed by atoms with E-state index in [0.717, 1.165) is 6.42 Å². The van der Waals surface area contributed by atoms with E-state index >= 15 is 0 Å². The van der Waals surface area contributed by atoms with Crippen molar-refractivity contribution in [3.8, 4) is 11.5 Å². The molecule has 1 heterocycles. The Kier molecular flexibility index (Phi) is 5.51. The zero-order valence-electron chi connectivity index (χ0n) is 16.1. The van der Waals surface area contributed by atoms with Crippen molar-refractivity contribution < 1.29 is 22.7 Å². The molecule has 0 aromatic heterocycles. The molecule has 0 unspecified atom stereocenters. The Morgan fingerprint density at radius 3 is 2.57 bits per heavy atom. The van der Waals surface area contributed by atoms with E-state index in [0.29, 0.717) is 29.5 Å². The van der Waals surface area contributed by atoms with E-state index < -0.39 is 15.4 Å². The number of amides is 1. The van der Waals surface area contributed by atoms with Crippen molar-refractivity contribution in [2.45, 2.75) is 32.1 Å². The van der Waals surface area contributed by atoms with E-state index in [4.69, 9.17) is 9.47 Å². The molecule has 7 nitrogen and oxygen atoms in total. The third kappa shape index (κ3) is 4.39. The average Bonchev–Trinajstić information content (AvgIpc) is 2.76. The number of fused-ring (bicyclic) bond motifs is 1. The highest BCUT2D eigenvalue weighted by Gasteiger charge is 2.32. The minimum absolute atomic E-state index is 0.127. The first-order valence-electron chi connectivity index (χ1n) is 9.05. The Morgan fingerprint density at radius 2 is 1.89 bits per heavy atom.